The highest BCUT2D eigenvalue weighted by Crippen LogP contribution is 2.41. The summed E-state index contributed by atoms with van der Waals surface area (Å²) >= 11 is 1.71. The third-order valence-electron chi connectivity index (χ3n) is 5.10. The van der Waals surface area contributed by atoms with Gasteiger partial charge in [0.2, 0.25) is 0 Å². The standard InChI is InChI=1S/C19H23N3O3S/c1-4-22-8-7-12-15(10-22)26-19-16(12)18(23)20-17(21-19)11-5-6-13(24-2)14(9-11)25-3/h5-6,9,17,21H,4,7-8,10H2,1-3H3,(H,20,23)/t17-/m0/s1. The van der Waals surface area contributed by atoms with Crippen molar-refractivity contribution in [2.24, 2.45) is 0 Å². The molecule has 1 aromatic heterocycles. The van der Waals surface area contributed by atoms with Crippen LogP contribution in [-0.2, 0) is 13.0 Å². The van der Waals surface area contributed by atoms with Crippen molar-refractivity contribution >= 4 is 22.2 Å². The van der Waals surface area contributed by atoms with E-state index in [2.05, 4.69) is 22.5 Å². The van der Waals surface area contributed by atoms with Gasteiger partial charge in [-0.25, -0.2) is 0 Å². The van der Waals surface area contributed by atoms with E-state index in [1.54, 1.807) is 25.6 Å². The molecule has 3 heterocycles. The molecule has 2 aromatic rings. The van der Waals surface area contributed by atoms with Gasteiger partial charge in [0, 0.05) is 18.0 Å². The Kier molecular flexibility index (Phi) is 4.50. The maximum Gasteiger partial charge on any atom is 0.256 e. The molecule has 2 aliphatic rings. The average Bonchev–Trinajstić information content (AvgIpc) is 3.05. The lowest BCUT2D eigenvalue weighted by molar-refractivity contribution is 0.0934. The van der Waals surface area contributed by atoms with Gasteiger partial charge in [-0.2, -0.15) is 0 Å². The van der Waals surface area contributed by atoms with Crippen LogP contribution in [0, 0.1) is 0 Å². The highest BCUT2D eigenvalue weighted by atomic mass is 32.1. The molecular weight excluding hydrogens is 350 g/mol. The van der Waals surface area contributed by atoms with Gasteiger partial charge in [0.1, 0.15) is 11.2 Å². The number of hydrogen-bond donors (Lipinski definition) is 2. The molecule has 0 unspecified atom stereocenters. The van der Waals surface area contributed by atoms with Crippen LogP contribution in [0.3, 0.4) is 0 Å². The van der Waals surface area contributed by atoms with Gasteiger partial charge in [0.05, 0.1) is 19.8 Å². The maximum atomic E-state index is 12.8. The number of nitrogens with zero attached hydrogens (tertiary/aromatic N) is 1. The second-order valence-corrected chi connectivity index (χ2v) is 7.60. The number of likely N-dealkylation sites (N-methyl/N-ethyl adjacent to an activating group) is 1. The number of carbonyl (C=O) groups excluding carboxylic acids is 1. The zero-order valence-corrected chi connectivity index (χ0v) is 16.0. The zero-order valence-electron chi connectivity index (χ0n) is 15.2. The molecule has 1 aromatic carbocycles. The number of rotatable bonds is 4. The van der Waals surface area contributed by atoms with Crippen molar-refractivity contribution in [2.45, 2.75) is 26.1 Å². The summed E-state index contributed by atoms with van der Waals surface area (Å²) in [4.78, 5) is 16.5. The summed E-state index contributed by atoms with van der Waals surface area (Å²) in [6.07, 6.45) is 0.655. The Balaban J connectivity index is 1.65. The van der Waals surface area contributed by atoms with E-state index in [0.717, 1.165) is 42.2 Å². The number of ether oxygens (including phenoxy) is 2. The fourth-order valence-electron chi connectivity index (χ4n) is 3.64. The molecule has 0 spiro atoms. The number of carbonyl (C=O) groups is 1. The maximum absolute atomic E-state index is 12.8. The molecule has 7 heteroatoms. The van der Waals surface area contributed by atoms with Gasteiger partial charge in [0.25, 0.3) is 5.91 Å². The number of fused-ring (bicyclic) bond motifs is 3. The van der Waals surface area contributed by atoms with E-state index in [1.807, 2.05) is 18.2 Å². The summed E-state index contributed by atoms with van der Waals surface area (Å²) in [6.45, 7) is 5.16. The molecule has 2 aliphatic heterocycles. The first kappa shape index (κ1) is 17.2. The Morgan fingerprint density at radius 3 is 2.77 bits per heavy atom. The van der Waals surface area contributed by atoms with Crippen LogP contribution in [0.15, 0.2) is 18.2 Å². The molecule has 1 atom stereocenters. The summed E-state index contributed by atoms with van der Waals surface area (Å²) in [5, 5.41) is 7.55. The lowest BCUT2D eigenvalue weighted by Crippen LogP contribution is -2.38. The van der Waals surface area contributed by atoms with Gasteiger partial charge in [-0.3, -0.25) is 9.69 Å². The second kappa shape index (κ2) is 6.81. The smallest absolute Gasteiger partial charge is 0.256 e. The highest BCUT2D eigenvalue weighted by molar-refractivity contribution is 7.16. The topological polar surface area (TPSA) is 62.8 Å². The number of nitrogens with one attached hydrogen (secondary N) is 2. The molecule has 6 nitrogen and oxygen atoms in total. The number of amides is 1. The zero-order chi connectivity index (χ0) is 18.3. The molecular formula is C19H23N3O3S. The predicted molar refractivity (Wildman–Crippen MR) is 102 cm³/mol. The van der Waals surface area contributed by atoms with Gasteiger partial charge in [0.15, 0.2) is 11.5 Å². The number of hydrogen-bond acceptors (Lipinski definition) is 6. The van der Waals surface area contributed by atoms with Crippen LogP contribution in [-0.4, -0.2) is 38.1 Å². The molecule has 0 radical (unpaired) electrons. The van der Waals surface area contributed by atoms with Crippen molar-refractivity contribution in [3.63, 3.8) is 0 Å². The summed E-state index contributed by atoms with van der Waals surface area (Å²) in [5.41, 5.74) is 2.98. The van der Waals surface area contributed by atoms with E-state index in [4.69, 9.17) is 9.47 Å². The van der Waals surface area contributed by atoms with Gasteiger partial charge >= 0.3 is 0 Å². The first-order valence-corrected chi connectivity index (χ1v) is 9.62. The normalized spacial score (nSPS) is 19.2. The van der Waals surface area contributed by atoms with E-state index in [0.29, 0.717) is 11.5 Å². The van der Waals surface area contributed by atoms with Crippen molar-refractivity contribution < 1.29 is 14.3 Å². The van der Waals surface area contributed by atoms with Gasteiger partial charge in [-0.15, -0.1) is 11.3 Å². The first-order valence-electron chi connectivity index (χ1n) is 8.80. The van der Waals surface area contributed by atoms with Crippen LogP contribution < -0.4 is 20.1 Å². The quantitative estimate of drug-likeness (QED) is 0.863. The van der Waals surface area contributed by atoms with Crippen LogP contribution in [0.2, 0.25) is 0 Å². The Labute approximate surface area is 157 Å². The fraction of sp³-hybridized carbons (Fsp3) is 0.421. The lowest BCUT2D eigenvalue weighted by Gasteiger charge is -2.28. The molecule has 1 amide bonds. The molecule has 0 fully saturated rings. The molecule has 0 saturated heterocycles. The molecule has 2 N–H and O–H groups in total. The Morgan fingerprint density at radius 1 is 1.23 bits per heavy atom. The van der Waals surface area contributed by atoms with Crippen LogP contribution in [0.25, 0.3) is 0 Å². The number of anilines is 1. The van der Waals surface area contributed by atoms with Crippen molar-refractivity contribution in [3.8, 4) is 11.5 Å². The largest absolute Gasteiger partial charge is 0.493 e. The third kappa shape index (κ3) is 2.81. The number of thiophene rings is 1. The Bertz CT molecular complexity index is 849. The number of methoxy groups -OCH3 is 2. The summed E-state index contributed by atoms with van der Waals surface area (Å²) < 4.78 is 10.7. The van der Waals surface area contributed by atoms with Gasteiger partial charge in [-0.1, -0.05) is 13.0 Å². The third-order valence-corrected chi connectivity index (χ3v) is 6.25. The van der Waals surface area contributed by atoms with E-state index < -0.39 is 0 Å². The van der Waals surface area contributed by atoms with Crippen LogP contribution in [0.5, 0.6) is 11.5 Å². The average molecular weight is 373 g/mol. The van der Waals surface area contributed by atoms with E-state index in [-0.39, 0.29) is 12.1 Å². The lowest BCUT2D eigenvalue weighted by atomic mass is 10.0. The van der Waals surface area contributed by atoms with Crippen molar-refractivity contribution in [1.29, 1.82) is 0 Å². The molecule has 26 heavy (non-hydrogen) atoms. The van der Waals surface area contributed by atoms with E-state index in [9.17, 15) is 4.79 Å². The first-order chi connectivity index (χ1) is 12.6. The molecule has 0 aliphatic carbocycles. The minimum Gasteiger partial charge on any atom is -0.493 e. The second-order valence-electron chi connectivity index (χ2n) is 6.49. The van der Waals surface area contributed by atoms with Crippen molar-refractivity contribution in [1.82, 2.24) is 10.2 Å². The van der Waals surface area contributed by atoms with E-state index >= 15 is 0 Å². The monoisotopic (exact) mass is 373 g/mol. The van der Waals surface area contributed by atoms with E-state index in [1.165, 1.54) is 10.4 Å². The fourth-order valence-corrected chi connectivity index (χ4v) is 4.95. The minimum absolute atomic E-state index is 0.000911. The van der Waals surface area contributed by atoms with Crippen molar-refractivity contribution in [3.05, 3.63) is 39.8 Å². The predicted octanol–water partition coefficient (Wildman–Crippen LogP) is 3.00. The SMILES string of the molecule is CCN1CCc2c(sc3c2C(=O)N[C@H](c2ccc(OC)c(OC)c2)N3)C1. The summed E-state index contributed by atoms with van der Waals surface area (Å²) in [6, 6.07) is 5.70. The van der Waals surface area contributed by atoms with Gasteiger partial charge in [-0.05, 0) is 36.2 Å². The summed E-state index contributed by atoms with van der Waals surface area (Å²) in [5.74, 6) is 1.32. The highest BCUT2D eigenvalue weighted by Gasteiger charge is 2.33. The van der Waals surface area contributed by atoms with Crippen LogP contribution in [0.1, 0.15) is 39.5 Å². The van der Waals surface area contributed by atoms with Crippen molar-refractivity contribution in [2.75, 3.05) is 32.6 Å². The van der Waals surface area contributed by atoms with Crippen LogP contribution >= 0.6 is 11.3 Å². The minimum atomic E-state index is -0.280. The molecule has 0 bridgehead atoms. The van der Waals surface area contributed by atoms with Crippen LogP contribution in [0.4, 0.5) is 5.00 Å². The molecule has 4 rings (SSSR count). The summed E-state index contributed by atoms with van der Waals surface area (Å²) in [7, 11) is 3.22. The Hall–Kier alpha value is -2.25. The number of benzene rings is 1. The Morgan fingerprint density at radius 2 is 2.04 bits per heavy atom. The molecule has 138 valence electrons. The molecule has 0 saturated carbocycles. The van der Waals surface area contributed by atoms with Gasteiger partial charge < -0.3 is 20.1 Å².